The molecule has 7 rings (SSSR count). The molecule has 3 aromatic heterocycles. The molecule has 0 radical (unpaired) electrons. The minimum absolute atomic E-state index is 0.351. The first-order valence-corrected chi connectivity index (χ1v) is 16.4. The van der Waals surface area contributed by atoms with Gasteiger partial charge in [0.2, 0.25) is 5.95 Å². The number of nitriles is 1. The molecule has 46 heavy (non-hydrogen) atoms. The van der Waals surface area contributed by atoms with Crippen LogP contribution in [-0.4, -0.2) is 78.7 Å². The highest BCUT2D eigenvalue weighted by molar-refractivity contribution is 7.21. The van der Waals surface area contributed by atoms with E-state index >= 15 is 0 Å². The van der Waals surface area contributed by atoms with Gasteiger partial charge in [-0.25, -0.2) is 14.4 Å². The molecule has 3 aliphatic rings. The Morgan fingerprint density at radius 3 is 2.52 bits per heavy atom. The molecule has 0 bridgehead atoms. The molecule has 13 heteroatoms. The lowest BCUT2D eigenvalue weighted by atomic mass is 9.88. The van der Waals surface area contributed by atoms with Crippen LogP contribution in [0.1, 0.15) is 37.2 Å². The van der Waals surface area contributed by atoms with Gasteiger partial charge in [-0.3, -0.25) is 4.98 Å². The van der Waals surface area contributed by atoms with Crippen LogP contribution in [0, 0.1) is 54.7 Å². The number of pyridine rings is 1. The number of fused-ring (bicyclic) bond motifs is 2. The normalized spacial score (nSPS) is 27.1. The van der Waals surface area contributed by atoms with E-state index in [0.29, 0.717) is 59.3 Å². The SMILES string of the molecule is Cc1nc(NCC2C3CN(c4ccc(F)cc4C#N)C[C@@H]23)nc(NC2C[C@H](C(C)(C)O)[C@@H](O)[C@H]2O)c1-c1nc2c(C)nccc2s1. The maximum Gasteiger partial charge on any atom is 0.224 e. The third kappa shape index (κ3) is 5.43. The molecule has 4 aromatic rings. The molecule has 1 saturated heterocycles. The molecule has 1 aromatic carbocycles. The van der Waals surface area contributed by atoms with Crippen molar-refractivity contribution < 1.29 is 19.7 Å². The van der Waals surface area contributed by atoms with Gasteiger partial charge in [0.1, 0.15) is 34.3 Å². The van der Waals surface area contributed by atoms with Gasteiger partial charge in [-0.05, 0) is 76.1 Å². The van der Waals surface area contributed by atoms with Crippen molar-refractivity contribution in [2.75, 3.05) is 35.2 Å². The summed E-state index contributed by atoms with van der Waals surface area (Å²) in [6.45, 7) is 9.40. The van der Waals surface area contributed by atoms with Gasteiger partial charge >= 0.3 is 0 Å². The van der Waals surface area contributed by atoms with Gasteiger partial charge in [-0.15, -0.1) is 11.3 Å². The van der Waals surface area contributed by atoms with E-state index in [1.54, 1.807) is 26.1 Å². The van der Waals surface area contributed by atoms with E-state index in [0.717, 1.165) is 39.7 Å². The number of hydrogen-bond donors (Lipinski definition) is 5. The Balaban J connectivity index is 1.12. The number of aromatic nitrogens is 4. The standard InChI is InChI=1S/C33H37FN8O3S/c1-15-26(31-40-27-16(2)36-8-7-25(27)46-31)30(39-23-10-22(33(3,4)45)28(43)29(23)44)41-32(38-15)37-12-19-20-13-42(14-21(19)20)24-6-5-18(34)9-17(24)11-35/h5-9,19-23,28-29,43-45H,10,12-14H2,1-4H3,(H2,37,38,39,41)/t19?,20-,21?,22-,23?,28+,29-/m0/s1. The number of aryl methyl sites for hydroxylation is 2. The van der Waals surface area contributed by atoms with Crippen molar-refractivity contribution in [2.24, 2.45) is 23.7 Å². The third-order valence-corrected chi connectivity index (χ3v) is 11.0. The van der Waals surface area contributed by atoms with Crippen LogP contribution in [0.2, 0.25) is 0 Å². The van der Waals surface area contributed by atoms with Crippen molar-refractivity contribution in [1.29, 1.82) is 5.26 Å². The molecule has 7 atom stereocenters. The Morgan fingerprint density at radius 1 is 1.09 bits per heavy atom. The van der Waals surface area contributed by atoms with E-state index in [9.17, 15) is 25.0 Å². The molecular weight excluding hydrogens is 607 g/mol. The number of piperidine rings is 1. The summed E-state index contributed by atoms with van der Waals surface area (Å²) < 4.78 is 14.6. The van der Waals surface area contributed by atoms with E-state index in [1.165, 1.54) is 23.5 Å². The third-order valence-electron chi connectivity index (χ3n) is 9.99. The summed E-state index contributed by atoms with van der Waals surface area (Å²) in [5.74, 6) is 1.34. The van der Waals surface area contributed by atoms with Crippen LogP contribution >= 0.6 is 11.3 Å². The summed E-state index contributed by atoms with van der Waals surface area (Å²) in [4.78, 5) is 21.1. The first-order chi connectivity index (χ1) is 21.9. The quantitative estimate of drug-likeness (QED) is 0.189. The summed E-state index contributed by atoms with van der Waals surface area (Å²) in [6.07, 6.45) is -0.0832. The Hall–Kier alpha value is -3.96. The molecule has 2 saturated carbocycles. The fourth-order valence-electron chi connectivity index (χ4n) is 7.39. The van der Waals surface area contributed by atoms with Crippen LogP contribution in [0.5, 0.6) is 0 Å². The Kier molecular flexibility index (Phi) is 7.59. The molecule has 11 nitrogen and oxygen atoms in total. The second-order valence-corrected chi connectivity index (χ2v) is 14.4. The van der Waals surface area contributed by atoms with E-state index in [1.807, 2.05) is 19.9 Å². The second kappa shape index (κ2) is 11.4. The highest BCUT2D eigenvalue weighted by Gasteiger charge is 2.55. The number of benzene rings is 1. The molecule has 0 amide bonds. The molecule has 240 valence electrons. The Labute approximate surface area is 270 Å². The highest BCUT2D eigenvalue weighted by Crippen LogP contribution is 2.53. The summed E-state index contributed by atoms with van der Waals surface area (Å²) in [5.41, 5.74) is 3.02. The van der Waals surface area contributed by atoms with E-state index in [2.05, 4.69) is 26.6 Å². The number of hydrogen-bond acceptors (Lipinski definition) is 12. The Bertz CT molecular complexity index is 1840. The largest absolute Gasteiger partial charge is 0.390 e. The molecule has 5 N–H and O–H groups in total. The maximum absolute atomic E-state index is 13.7. The van der Waals surface area contributed by atoms with Gasteiger partial charge in [0.15, 0.2) is 0 Å². The number of anilines is 3. The van der Waals surface area contributed by atoms with Crippen LogP contribution in [0.25, 0.3) is 20.8 Å². The lowest BCUT2D eigenvalue weighted by Gasteiger charge is -2.28. The molecular formula is C33H37FN8O3S. The fourth-order valence-corrected chi connectivity index (χ4v) is 8.50. The molecule has 2 aliphatic carbocycles. The number of aliphatic hydroxyl groups is 3. The van der Waals surface area contributed by atoms with Gasteiger partial charge in [-0.2, -0.15) is 10.2 Å². The number of rotatable bonds is 8. The van der Waals surface area contributed by atoms with Crippen molar-refractivity contribution in [1.82, 2.24) is 19.9 Å². The minimum atomic E-state index is -1.17. The molecule has 4 heterocycles. The molecule has 0 spiro atoms. The average molecular weight is 645 g/mol. The summed E-state index contributed by atoms with van der Waals surface area (Å²) >= 11 is 1.51. The Morgan fingerprint density at radius 2 is 1.85 bits per heavy atom. The van der Waals surface area contributed by atoms with Gasteiger partial charge in [0.25, 0.3) is 0 Å². The predicted molar refractivity (Wildman–Crippen MR) is 174 cm³/mol. The van der Waals surface area contributed by atoms with E-state index in [4.69, 9.17) is 15.0 Å². The topological polar surface area (TPSA) is 163 Å². The van der Waals surface area contributed by atoms with Gasteiger partial charge in [-0.1, -0.05) is 0 Å². The fraction of sp³-hybridized carbons (Fsp3) is 0.485. The molecule has 3 fully saturated rings. The highest BCUT2D eigenvalue weighted by atomic mass is 32.1. The number of thiazole rings is 1. The van der Waals surface area contributed by atoms with Crippen molar-refractivity contribution >= 4 is 39.0 Å². The summed E-state index contributed by atoms with van der Waals surface area (Å²) in [6, 6.07) is 7.86. The van der Waals surface area contributed by atoms with Crippen molar-refractivity contribution in [3.05, 3.63) is 53.2 Å². The van der Waals surface area contributed by atoms with E-state index in [-0.39, 0.29) is 0 Å². The number of nitrogens with one attached hydrogen (secondary N) is 2. The van der Waals surface area contributed by atoms with Crippen LogP contribution in [0.3, 0.4) is 0 Å². The summed E-state index contributed by atoms with van der Waals surface area (Å²) in [5, 5.41) is 49.4. The molecule has 3 unspecified atom stereocenters. The van der Waals surface area contributed by atoms with Crippen LogP contribution < -0.4 is 15.5 Å². The zero-order valence-corrected chi connectivity index (χ0v) is 26.9. The smallest absolute Gasteiger partial charge is 0.224 e. The molecule has 1 aliphatic heterocycles. The second-order valence-electron chi connectivity index (χ2n) is 13.4. The number of aliphatic hydroxyl groups excluding tert-OH is 2. The predicted octanol–water partition coefficient (Wildman–Crippen LogP) is 3.86. The van der Waals surface area contributed by atoms with E-state index < -0.39 is 35.6 Å². The van der Waals surface area contributed by atoms with Crippen LogP contribution in [-0.2, 0) is 0 Å². The van der Waals surface area contributed by atoms with Crippen molar-refractivity contribution in [3.8, 4) is 16.6 Å². The first kappa shape index (κ1) is 30.7. The van der Waals surface area contributed by atoms with Crippen molar-refractivity contribution in [3.63, 3.8) is 0 Å². The van der Waals surface area contributed by atoms with Gasteiger partial charge in [0.05, 0.1) is 50.6 Å². The first-order valence-electron chi connectivity index (χ1n) is 15.6. The zero-order chi connectivity index (χ0) is 32.5. The maximum atomic E-state index is 13.7. The lowest BCUT2D eigenvalue weighted by Crippen LogP contribution is -2.40. The van der Waals surface area contributed by atoms with Crippen LogP contribution in [0.15, 0.2) is 30.5 Å². The minimum Gasteiger partial charge on any atom is -0.390 e. The number of nitrogens with zero attached hydrogens (tertiary/aromatic N) is 6. The lowest BCUT2D eigenvalue weighted by molar-refractivity contribution is -0.0601. The van der Waals surface area contributed by atoms with Crippen LogP contribution in [0.4, 0.5) is 21.8 Å². The van der Waals surface area contributed by atoms with Crippen molar-refractivity contribution in [2.45, 2.75) is 58.0 Å². The number of halogens is 1. The summed E-state index contributed by atoms with van der Waals surface area (Å²) in [7, 11) is 0. The monoisotopic (exact) mass is 644 g/mol. The average Bonchev–Trinajstić information content (AvgIpc) is 3.33. The van der Waals surface area contributed by atoms with Gasteiger partial charge in [0, 0.05) is 31.7 Å². The van der Waals surface area contributed by atoms with Gasteiger partial charge < -0.3 is 30.9 Å². The zero-order valence-electron chi connectivity index (χ0n) is 26.1.